The van der Waals surface area contributed by atoms with Crippen LogP contribution in [0.4, 0.5) is 0 Å². The van der Waals surface area contributed by atoms with Crippen molar-refractivity contribution in [2.24, 2.45) is 5.41 Å². The molecular weight excluding hydrogens is 258 g/mol. The molecule has 0 saturated heterocycles. The van der Waals surface area contributed by atoms with Gasteiger partial charge in [-0.3, -0.25) is 0 Å². The average Bonchev–Trinajstić information content (AvgIpc) is 2.34. The molecule has 1 aliphatic rings. The summed E-state index contributed by atoms with van der Waals surface area (Å²) in [6.07, 6.45) is 3.90. The first-order valence-electron chi connectivity index (χ1n) is 6.82. The van der Waals surface area contributed by atoms with Gasteiger partial charge in [-0.15, -0.1) is 0 Å². The molecule has 3 nitrogen and oxygen atoms in total. The molecule has 106 valence electrons. The molecule has 0 amide bonds. The van der Waals surface area contributed by atoms with Gasteiger partial charge >= 0.3 is 0 Å². The minimum atomic E-state index is -3.41. The van der Waals surface area contributed by atoms with E-state index in [1.165, 1.54) is 0 Å². The summed E-state index contributed by atoms with van der Waals surface area (Å²) >= 11 is 0. The maximum Gasteiger partial charge on any atom is 0.241 e. The molecule has 0 unspecified atom stereocenters. The van der Waals surface area contributed by atoms with Gasteiger partial charge in [-0.2, -0.15) is 0 Å². The second kappa shape index (κ2) is 4.91. The lowest BCUT2D eigenvalue weighted by Crippen LogP contribution is -2.49. The molecule has 0 bridgehead atoms. The van der Waals surface area contributed by atoms with Crippen molar-refractivity contribution in [1.82, 2.24) is 4.72 Å². The predicted octanol–water partition coefficient (Wildman–Crippen LogP) is 3.32. The molecule has 1 fully saturated rings. The lowest BCUT2D eigenvalue weighted by Gasteiger charge is -2.41. The summed E-state index contributed by atoms with van der Waals surface area (Å²) in [5.41, 5.74) is 0.0158. The van der Waals surface area contributed by atoms with Crippen LogP contribution in [0.25, 0.3) is 0 Å². The third kappa shape index (κ3) is 3.57. The molecule has 4 heteroatoms. The number of sulfonamides is 1. The minimum Gasteiger partial charge on any atom is -0.207 e. The maximum absolute atomic E-state index is 12.4. The van der Waals surface area contributed by atoms with Crippen molar-refractivity contribution in [2.75, 3.05) is 0 Å². The van der Waals surface area contributed by atoms with Crippen LogP contribution in [0.1, 0.15) is 46.5 Å². The Bertz CT molecular complexity index is 525. The molecule has 1 aromatic carbocycles. The van der Waals surface area contributed by atoms with Crippen molar-refractivity contribution < 1.29 is 8.42 Å². The van der Waals surface area contributed by atoms with Crippen LogP contribution in [0, 0.1) is 5.41 Å². The highest BCUT2D eigenvalue weighted by Gasteiger charge is 2.37. The minimum absolute atomic E-state index is 0.315. The van der Waals surface area contributed by atoms with Crippen LogP contribution in [-0.4, -0.2) is 14.0 Å². The fourth-order valence-corrected chi connectivity index (χ4v) is 4.05. The maximum atomic E-state index is 12.4. The number of hydrogen-bond acceptors (Lipinski definition) is 2. The summed E-state index contributed by atoms with van der Waals surface area (Å²) in [6, 6.07) is 8.60. The van der Waals surface area contributed by atoms with Crippen molar-refractivity contribution in [3.8, 4) is 0 Å². The summed E-state index contributed by atoms with van der Waals surface area (Å²) in [5.74, 6) is 0. The van der Waals surface area contributed by atoms with Gasteiger partial charge in [0.1, 0.15) is 0 Å². The standard InChI is InChI=1S/C15H23NO2S/c1-14(2)9-11-15(3,12-10-14)16-19(17,18)13-7-5-4-6-8-13/h4-8,16H,9-12H2,1-3H3. The quantitative estimate of drug-likeness (QED) is 0.923. The van der Waals surface area contributed by atoms with Crippen molar-refractivity contribution >= 4 is 10.0 Å². The Morgan fingerprint density at radius 1 is 0.947 bits per heavy atom. The first-order chi connectivity index (χ1) is 8.73. The molecule has 1 saturated carbocycles. The van der Waals surface area contributed by atoms with Gasteiger partial charge in [-0.1, -0.05) is 32.0 Å². The monoisotopic (exact) mass is 281 g/mol. The van der Waals surface area contributed by atoms with Gasteiger partial charge in [0.05, 0.1) is 4.90 Å². The molecule has 2 rings (SSSR count). The van der Waals surface area contributed by atoms with E-state index in [4.69, 9.17) is 0 Å². The van der Waals surface area contributed by atoms with Crippen LogP contribution in [0.2, 0.25) is 0 Å². The fraction of sp³-hybridized carbons (Fsp3) is 0.600. The Labute approximate surface area is 116 Å². The molecular formula is C15H23NO2S. The van der Waals surface area contributed by atoms with Crippen LogP contribution >= 0.6 is 0 Å². The van der Waals surface area contributed by atoms with Crippen LogP contribution in [0.3, 0.4) is 0 Å². The van der Waals surface area contributed by atoms with Crippen LogP contribution < -0.4 is 4.72 Å². The zero-order chi connectivity index (χ0) is 14.1. The third-order valence-corrected chi connectivity index (χ3v) is 5.80. The molecule has 0 aliphatic heterocycles. The van der Waals surface area contributed by atoms with E-state index in [0.717, 1.165) is 25.7 Å². The number of benzene rings is 1. The lowest BCUT2D eigenvalue weighted by atomic mass is 9.70. The Balaban J connectivity index is 2.13. The Morgan fingerprint density at radius 3 is 2.00 bits per heavy atom. The van der Waals surface area contributed by atoms with E-state index in [0.29, 0.717) is 10.3 Å². The van der Waals surface area contributed by atoms with Gasteiger partial charge in [0.15, 0.2) is 0 Å². The summed E-state index contributed by atoms with van der Waals surface area (Å²) in [6.45, 7) is 6.51. The highest BCUT2D eigenvalue weighted by molar-refractivity contribution is 7.89. The highest BCUT2D eigenvalue weighted by atomic mass is 32.2. The van der Waals surface area contributed by atoms with E-state index >= 15 is 0 Å². The molecule has 0 aromatic heterocycles. The van der Waals surface area contributed by atoms with E-state index in [9.17, 15) is 8.42 Å². The normalized spacial score (nSPS) is 22.1. The van der Waals surface area contributed by atoms with Crippen molar-refractivity contribution in [1.29, 1.82) is 0 Å². The molecule has 1 aromatic rings. The summed E-state index contributed by atoms with van der Waals surface area (Å²) < 4.78 is 27.6. The summed E-state index contributed by atoms with van der Waals surface area (Å²) in [5, 5.41) is 0. The SMILES string of the molecule is CC1(C)CCC(C)(NS(=O)(=O)c2ccccc2)CC1. The Kier molecular flexibility index (Phi) is 3.76. The third-order valence-electron chi connectivity index (χ3n) is 4.14. The lowest BCUT2D eigenvalue weighted by molar-refractivity contribution is 0.165. The van der Waals surface area contributed by atoms with E-state index < -0.39 is 10.0 Å². The van der Waals surface area contributed by atoms with Crippen molar-refractivity contribution in [2.45, 2.75) is 56.9 Å². The highest BCUT2D eigenvalue weighted by Crippen LogP contribution is 2.40. The van der Waals surface area contributed by atoms with Crippen LogP contribution in [0.15, 0.2) is 35.2 Å². The second-order valence-electron chi connectivity index (χ2n) is 6.64. The van der Waals surface area contributed by atoms with Gasteiger partial charge < -0.3 is 0 Å². The Hall–Kier alpha value is -0.870. The predicted molar refractivity (Wildman–Crippen MR) is 77.4 cm³/mol. The van der Waals surface area contributed by atoms with E-state index in [2.05, 4.69) is 18.6 Å². The fourth-order valence-electron chi connectivity index (χ4n) is 2.56. The van der Waals surface area contributed by atoms with Gasteiger partial charge in [0.2, 0.25) is 10.0 Å². The van der Waals surface area contributed by atoms with Crippen molar-refractivity contribution in [3.05, 3.63) is 30.3 Å². The van der Waals surface area contributed by atoms with E-state index in [1.54, 1.807) is 24.3 Å². The molecule has 1 aliphatic carbocycles. The number of rotatable bonds is 3. The molecule has 0 spiro atoms. The zero-order valence-corrected chi connectivity index (χ0v) is 12.8. The average molecular weight is 281 g/mol. The zero-order valence-electron chi connectivity index (χ0n) is 11.9. The van der Waals surface area contributed by atoms with E-state index in [1.807, 2.05) is 13.0 Å². The first-order valence-corrected chi connectivity index (χ1v) is 8.30. The van der Waals surface area contributed by atoms with Gasteiger partial charge in [0.25, 0.3) is 0 Å². The second-order valence-corrected chi connectivity index (χ2v) is 8.33. The van der Waals surface area contributed by atoms with E-state index in [-0.39, 0.29) is 5.54 Å². The van der Waals surface area contributed by atoms with Crippen LogP contribution in [0.5, 0.6) is 0 Å². The first kappa shape index (κ1) is 14.5. The smallest absolute Gasteiger partial charge is 0.207 e. The van der Waals surface area contributed by atoms with Crippen molar-refractivity contribution in [3.63, 3.8) is 0 Å². The molecule has 1 N–H and O–H groups in total. The molecule has 19 heavy (non-hydrogen) atoms. The topological polar surface area (TPSA) is 46.2 Å². The van der Waals surface area contributed by atoms with Gasteiger partial charge in [0, 0.05) is 5.54 Å². The van der Waals surface area contributed by atoms with Crippen LogP contribution in [-0.2, 0) is 10.0 Å². The Morgan fingerprint density at radius 2 is 1.47 bits per heavy atom. The molecule has 0 heterocycles. The largest absolute Gasteiger partial charge is 0.241 e. The summed E-state index contributed by atoms with van der Waals surface area (Å²) in [4.78, 5) is 0.348. The van der Waals surface area contributed by atoms with Gasteiger partial charge in [-0.25, -0.2) is 13.1 Å². The van der Waals surface area contributed by atoms with Gasteiger partial charge in [-0.05, 0) is 50.2 Å². The molecule has 0 radical (unpaired) electrons. The summed E-state index contributed by atoms with van der Waals surface area (Å²) in [7, 11) is -3.41. The number of hydrogen-bond donors (Lipinski definition) is 1. The number of nitrogens with one attached hydrogen (secondary N) is 1. The molecule has 0 atom stereocenters.